The molecular formula is C24H29N2O4+. The van der Waals surface area contributed by atoms with E-state index in [0.717, 1.165) is 12.0 Å². The molecular weight excluding hydrogens is 380 g/mol. The van der Waals surface area contributed by atoms with Crippen molar-refractivity contribution in [3.8, 4) is 5.75 Å². The molecule has 0 saturated carbocycles. The molecule has 1 aliphatic heterocycles. The van der Waals surface area contributed by atoms with E-state index in [2.05, 4.69) is 0 Å². The van der Waals surface area contributed by atoms with Gasteiger partial charge in [-0.1, -0.05) is 37.3 Å². The van der Waals surface area contributed by atoms with Crippen LogP contribution in [-0.2, 0) is 9.59 Å². The lowest BCUT2D eigenvalue weighted by Gasteiger charge is -2.25. The summed E-state index contributed by atoms with van der Waals surface area (Å²) >= 11 is 0. The van der Waals surface area contributed by atoms with Gasteiger partial charge in [-0.2, -0.15) is 0 Å². The first-order valence-electron chi connectivity index (χ1n) is 10.3. The lowest BCUT2D eigenvalue weighted by Crippen LogP contribution is -3.06. The van der Waals surface area contributed by atoms with Crippen molar-refractivity contribution in [2.24, 2.45) is 0 Å². The van der Waals surface area contributed by atoms with Crippen molar-refractivity contribution in [2.45, 2.75) is 19.4 Å². The summed E-state index contributed by atoms with van der Waals surface area (Å²) in [5.74, 6) is -0.692. The van der Waals surface area contributed by atoms with Crippen molar-refractivity contribution in [3.63, 3.8) is 0 Å². The minimum absolute atomic E-state index is 0.127. The average molecular weight is 410 g/mol. The molecule has 0 aliphatic carbocycles. The van der Waals surface area contributed by atoms with Gasteiger partial charge in [0, 0.05) is 5.56 Å². The second-order valence-electron chi connectivity index (χ2n) is 7.73. The highest BCUT2D eigenvalue weighted by Crippen LogP contribution is 2.39. The molecule has 1 atom stereocenters. The number of quaternary nitrogens is 1. The van der Waals surface area contributed by atoms with Gasteiger partial charge in [0.15, 0.2) is 0 Å². The predicted octanol–water partition coefficient (Wildman–Crippen LogP) is 2.04. The Labute approximate surface area is 177 Å². The number of rotatable bonds is 8. The summed E-state index contributed by atoms with van der Waals surface area (Å²) in [6.45, 7) is 3.76. The molecule has 0 bridgehead atoms. The van der Waals surface area contributed by atoms with Crippen molar-refractivity contribution in [1.82, 2.24) is 4.90 Å². The second kappa shape index (κ2) is 9.59. The number of ether oxygens (including phenoxy) is 1. The van der Waals surface area contributed by atoms with Gasteiger partial charge in [0.2, 0.25) is 0 Å². The first kappa shape index (κ1) is 21.6. The topological polar surface area (TPSA) is 71.3 Å². The third kappa shape index (κ3) is 4.54. The third-order valence-electron chi connectivity index (χ3n) is 5.11. The van der Waals surface area contributed by atoms with Crippen LogP contribution in [-0.4, -0.2) is 55.5 Å². The van der Waals surface area contributed by atoms with Crippen molar-refractivity contribution < 1.29 is 24.3 Å². The molecule has 1 aliphatic rings. The number of aliphatic hydroxyl groups is 1. The first-order chi connectivity index (χ1) is 14.4. The number of likely N-dealkylation sites (N-methyl/N-ethyl adjacent to an activating group) is 1. The average Bonchev–Trinajstić information content (AvgIpc) is 3.01. The zero-order valence-electron chi connectivity index (χ0n) is 17.7. The lowest BCUT2D eigenvalue weighted by atomic mass is 9.95. The summed E-state index contributed by atoms with van der Waals surface area (Å²) in [4.78, 5) is 28.5. The highest BCUT2D eigenvalue weighted by atomic mass is 16.5. The largest absolute Gasteiger partial charge is 0.507 e. The molecule has 1 saturated heterocycles. The SMILES string of the molecule is CCCOc1ccc(/C(O)=C2\C(=O)C(=O)N(CC[NH+](C)C)[C@H]2c2ccccc2)cc1. The molecule has 0 spiro atoms. The normalized spacial score (nSPS) is 18.3. The number of Topliss-reactive ketones (excluding diaryl/α,β-unsaturated/α-hetero) is 1. The molecule has 0 radical (unpaired) electrons. The lowest BCUT2D eigenvalue weighted by molar-refractivity contribution is -0.857. The summed E-state index contributed by atoms with van der Waals surface area (Å²) in [6.07, 6.45) is 0.900. The molecule has 2 aromatic carbocycles. The Hall–Kier alpha value is -3.12. The van der Waals surface area contributed by atoms with Crippen LogP contribution in [0, 0.1) is 0 Å². The Morgan fingerprint density at radius 2 is 1.73 bits per heavy atom. The van der Waals surface area contributed by atoms with Gasteiger partial charge in [-0.3, -0.25) is 9.59 Å². The molecule has 0 unspecified atom stereocenters. The van der Waals surface area contributed by atoms with E-state index >= 15 is 0 Å². The molecule has 6 nitrogen and oxygen atoms in total. The standard InChI is InChI=1S/C24H28N2O4/c1-4-16-30-19-12-10-18(11-13-19)22(27)20-21(17-8-6-5-7-9-17)26(15-14-25(2)3)24(29)23(20)28/h5-13,21,27H,4,14-16H2,1-3H3/p+1/b22-20+/t21-/m0/s1. The first-order valence-corrected chi connectivity index (χ1v) is 10.3. The molecule has 1 amide bonds. The molecule has 1 fully saturated rings. The molecule has 30 heavy (non-hydrogen) atoms. The zero-order chi connectivity index (χ0) is 21.7. The van der Waals surface area contributed by atoms with E-state index in [9.17, 15) is 14.7 Å². The van der Waals surface area contributed by atoms with E-state index < -0.39 is 17.7 Å². The van der Waals surface area contributed by atoms with Crippen LogP contribution in [0.4, 0.5) is 0 Å². The van der Waals surface area contributed by atoms with Gasteiger partial charge in [0.25, 0.3) is 11.7 Å². The van der Waals surface area contributed by atoms with E-state index in [1.807, 2.05) is 51.4 Å². The Morgan fingerprint density at radius 3 is 2.33 bits per heavy atom. The minimum Gasteiger partial charge on any atom is -0.507 e. The number of likely N-dealkylation sites (tertiary alicyclic amines) is 1. The predicted molar refractivity (Wildman–Crippen MR) is 115 cm³/mol. The van der Waals surface area contributed by atoms with Crippen molar-refractivity contribution in [1.29, 1.82) is 0 Å². The van der Waals surface area contributed by atoms with E-state index in [4.69, 9.17) is 4.74 Å². The fourth-order valence-corrected chi connectivity index (χ4v) is 3.52. The number of amides is 1. The van der Waals surface area contributed by atoms with Gasteiger partial charge in [-0.05, 0) is 36.2 Å². The summed E-state index contributed by atoms with van der Waals surface area (Å²) in [7, 11) is 3.99. The van der Waals surface area contributed by atoms with E-state index in [-0.39, 0.29) is 11.3 Å². The number of benzene rings is 2. The number of nitrogens with one attached hydrogen (secondary N) is 1. The van der Waals surface area contributed by atoms with Crippen LogP contribution in [0.3, 0.4) is 0 Å². The van der Waals surface area contributed by atoms with E-state index in [0.29, 0.717) is 31.0 Å². The maximum absolute atomic E-state index is 12.9. The van der Waals surface area contributed by atoms with Gasteiger partial charge < -0.3 is 19.6 Å². The molecule has 1 heterocycles. The number of hydrogen-bond acceptors (Lipinski definition) is 4. The van der Waals surface area contributed by atoms with Crippen molar-refractivity contribution >= 4 is 17.4 Å². The van der Waals surface area contributed by atoms with Crippen LogP contribution in [0.15, 0.2) is 60.2 Å². The van der Waals surface area contributed by atoms with Crippen molar-refractivity contribution in [2.75, 3.05) is 33.8 Å². The number of ketones is 1. The van der Waals surface area contributed by atoms with Gasteiger partial charge in [0.05, 0.1) is 45.4 Å². The molecule has 158 valence electrons. The molecule has 2 aromatic rings. The van der Waals surface area contributed by atoms with Crippen LogP contribution >= 0.6 is 0 Å². The fraction of sp³-hybridized carbons (Fsp3) is 0.333. The minimum atomic E-state index is -0.651. The number of aliphatic hydroxyl groups excluding tert-OH is 1. The van der Waals surface area contributed by atoms with Gasteiger partial charge in [0.1, 0.15) is 11.5 Å². The quantitative estimate of drug-likeness (QED) is 0.398. The Bertz CT molecular complexity index is 920. The zero-order valence-corrected chi connectivity index (χ0v) is 17.7. The second-order valence-corrected chi connectivity index (χ2v) is 7.73. The highest BCUT2D eigenvalue weighted by Gasteiger charge is 2.46. The van der Waals surface area contributed by atoms with Crippen LogP contribution in [0.25, 0.3) is 5.76 Å². The van der Waals surface area contributed by atoms with E-state index in [1.54, 1.807) is 29.2 Å². The van der Waals surface area contributed by atoms with E-state index in [1.165, 1.54) is 4.90 Å². The van der Waals surface area contributed by atoms with Crippen LogP contribution in [0.5, 0.6) is 5.75 Å². The maximum Gasteiger partial charge on any atom is 0.295 e. The third-order valence-corrected chi connectivity index (χ3v) is 5.11. The number of nitrogens with zero attached hydrogens (tertiary/aromatic N) is 1. The maximum atomic E-state index is 12.9. The summed E-state index contributed by atoms with van der Waals surface area (Å²) in [5, 5.41) is 11.0. The van der Waals surface area contributed by atoms with Crippen LogP contribution in [0.1, 0.15) is 30.5 Å². The summed E-state index contributed by atoms with van der Waals surface area (Å²) < 4.78 is 5.59. The van der Waals surface area contributed by atoms with Crippen molar-refractivity contribution in [3.05, 3.63) is 71.3 Å². The Morgan fingerprint density at radius 1 is 1.07 bits per heavy atom. The van der Waals surface area contributed by atoms with Gasteiger partial charge in [-0.25, -0.2) is 0 Å². The summed E-state index contributed by atoms with van der Waals surface area (Å²) in [5.41, 5.74) is 1.41. The monoisotopic (exact) mass is 409 g/mol. The molecule has 6 heteroatoms. The number of carbonyl (C=O) groups is 2. The molecule has 0 aromatic heterocycles. The van der Waals surface area contributed by atoms with Crippen LogP contribution < -0.4 is 9.64 Å². The molecule has 2 N–H and O–H groups in total. The molecule has 3 rings (SSSR count). The Balaban J connectivity index is 2.03. The van der Waals surface area contributed by atoms with Crippen LogP contribution in [0.2, 0.25) is 0 Å². The summed E-state index contributed by atoms with van der Waals surface area (Å²) in [6, 6.07) is 15.7. The van der Waals surface area contributed by atoms with Gasteiger partial charge >= 0.3 is 0 Å². The fourth-order valence-electron chi connectivity index (χ4n) is 3.52. The number of hydrogen-bond donors (Lipinski definition) is 2. The highest BCUT2D eigenvalue weighted by molar-refractivity contribution is 6.46. The Kier molecular flexibility index (Phi) is 6.90. The number of carbonyl (C=O) groups excluding carboxylic acids is 2. The van der Waals surface area contributed by atoms with Gasteiger partial charge in [-0.15, -0.1) is 0 Å². The smallest absolute Gasteiger partial charge is 0.295 e.